The Bertz CT molecular complexity index is 341. The predicted octanol–water partition coefficient (Wildman–Crippen LogP) is 0.201. The zero-order chi connectivity index (χ0) is 11.3. The maximum absolute atomic E-state index is 11.5. The molecule has 82 valence electrons. The molecule has 2 N–H and O–H groups in total. The van der Waals surface area contributed by atoms with E-state index in [1.165, 1.54) is 13.3 Å². The normalized spacial score (nSPS) is 11.9. The first-order valence-corrected chi connectivity index (χ1v) is 4.59. The highest BCUT2D eigenvalue weighted by Gasteiger charge is 2.10. The number of pyridine rings is 1. The van der Waals surface area contributed by atoms with E-state index in [9.17, 15) is 4.79 Å². The number of aromatic nitrogens is 1. The summed E-state index contributed by atoms with van der Waals surface area (Å²) in [5.74, 6) is 0.252. The first-order valence-electron chi connectivity index (χ1n) is 4.59. The van der Waals surface area contributed by atoms with E-state index in [4.69, 9.17) is 9.84 Å². The number of carbonyl (C=O) groups is 1. The molecular weight excluding hydrogens is 196 g/mol. The van der Waals surface area contributed by atoms with E-state index in [2.05, 4.69) is 10.3 Å². The molecule has 1 heterocycles. The Morgan fingerprint density at radius 1 is 1.73 bits per heavy atom. The molecule has 1 rings (SSSR count). The number of ether oxygens (including phenoxy) is 1. The second-order valence-corrected chi connectivity index (χ2v) is 3.14. The van der Waals surface area contributed by atoms with Crippen molar-refractivity contribution in [2.75, 3.05) is 13.7 Å². The number of nitrogens with zero attached hydrogens (tertiary/aromatic N) is 1. The largest absolute Gasteiger partial charge is 0.497 e. The third-order valence-corrected chi connectivity index (χ3v) is 1.85. The van der Waals surface area contributed by atoms with Crippen LogP contribution in [-0.4, -0.2) is 35.8 Å². The van der Waals surface area contributed by atoms with E-state index in [0.717, 1.165) is 0 Å². The maximum atomic E-state index is 11.5. The Morgan fingerprint density at radius 2 is 2.47 bits per heavy atom. The highest BCUT2D eigenvalue weighted by molar-refractivity contribution is 5.92. The van der Waals surface area contributed by atoms with Crippen LogP contribution in [0.15, 0.2) is 18.3 Å². The Balaban J connectivity index is 2.73. The van der Waals surface area contributed by atoms with E-state index in [1.807, 2.05) is 0 Å². The molecule has 0 saturated carbocycles. The second-order valence-electron chi connectivity index (χ2n) is 3.14. The quantitative estimate of drug-likeness (QED) is 0.744. The van der Waals surface area contributed by atoms with Crippen LogP contribution in [0.2, 0.25) is 0 Å². The molecule has 0 aliphatic heterocycles. The van der Waals surface area contributed by atoms with Crippen LogP contribution >= 0.6 is 0 Å². The number of nitrogens with one attached hydrogen (secondary N) is 1. The molecular formula is C10H14N2O3. The number of aliphatic hydroxyl groups excluding tert-OH is 1. The summed E-state index contributed by atoms with van der Waals surface area (Å²) in [6.07, 6.45) is 1.50. The zero-order valence-electron chi connectivity index (χ0n) is 8.73. The van der Waals surface area contributed by atoms with Crippen molar-refractivity contribution in [2.24, 2.45) is 0 Å². The molecule has 0 bridgehead atoms. The van der Waals surface area contributed by atoms with Gasteiger partial charge in [-0.1, -0.05) is 0 Å². The molecule has 1 unspecified atom stereocenters. The summed E-state index contributed by atoms with van der Waals surface area (Å²) < 4.78 is 4.97. The summed E-state index contributed by atoms with van der Waals surface area (Å²) in [5, 5.41) is 11.4. The van der Waals surface area contributed by atoms with Gasteiger partial charge in [0.2, 0.25) is 0 Å². The van der Waals surface area contributed by atoms with Crippen LogP contribution in [0.1, 0.15) is 17.4 Å². The van der Waals surface area contributed by atoms with Gasteiger partial charge in [-0.25, -0.2) is 0 Å². The van der Waals surface area contributed by atoms with Crippen molar-refractivity contribution in [1.82, 2.24) is 10.3 Å². The van der Waals surface area contributed by atoms with E-state index in [0.29, 0.717) is 5.75 Å². The van der Waals surface area contributed by atoms with E-state index >= 15 is 0 Å². The SMILES string of the molecule is COc1ccnc(C(=O)NC(C)CO)c1. The molecule has 0 aromatic carbocycles. The van der Waals surface area contributed by atoms with Gasteiger partial charge in [-0.3, -0.25) is 9.78 Å². The van der Waals surface area contributed by atoms with Crippen LogP contribution in [-0.2, 0) is 0 Å². The summed E-state index contributed by atoms with van der Waals surface area (Å²) in [5.41, 5.74) is 0.273. The molecule has 5 heteroatoms. The summed E-state index contributed by atoms with van der Waals surface area (Å²) in [7, 11) is 1.52. The van der Waals surface area contributed by atoms with Crippen molar-refractivity contribution in [3.05, 3.63) is 24.0 Å². The van der Waals surface area contributed by atoms with Gasteiger partial charge in [0, 0.05) is 18.3 Å². The number of aliphatic hydroxyl groups is 1. The number of amides is 1. The van der Waals surface area contributed by atoms with Gasteiger partial charge in [-0.05, 0) is 13.0 Å². The van der Waals surface area contributed by atoms with Crippen LogP contribution < -0.4 is 10.1 Å². The Hall–Kier alpha value is -1.62. The Morgan fingerprint density at radius 3 is 3.07 bits per heavy atom. The first-order chi connectivity index (χ1) is 7.17. The minimum atomic E-state index is -0.324. The predicted molar refractivity (Wildman–Crippen MR) is 54.8 cm³/mol. The van der Waals surface area contributed by atoms with Crippen LogP contribution in [0.3, 0.4) is 0 Å². The molecule has 5 nitrogen and oxygen atoms in total. The number of rotatable bonds is 4. The molecule has 1 amide bonds. The fraction of sp³-hybridized carbons (Fsp3) is 0.400. The highest BCUT2D eigenvalue weighted by Crippen LogP contribution is 2.09. The number of hydrogen-bond acceptors (Lipinski definition) is 4. The number of methoxy groups -OCH3 is 1. The number of hydrogen-bond donors (Lipinski definition) is 2. The molecule has 0 aliphatic carbocycles. The smallest absolute Gasteiger partial charge is 0.270 e. The van der Waals surface area contributed by atoms with E-state index < -0.39 is 0 Å². The molecule has 0 saturated heterocycles. The maximum Gasteiger partial charge on any atom is 0.270 e. The average Bonchev–Trinajstić information content (AvgIpc) is 2.28. The summed E-state index contributed by atoms with van der Waals surface area (Å²) in [4.78, 5) is 15.4. The minimum Gasteiger partial charge on any atom is -0.497 e. The fourth-order valence-electron chi connectivity index (χ4n) is 1.01. The van der Waals surface area contributed by atoms with Gasteiger partial charge in [0.25, 0.3) is 5.91 Å². The van der Waals surface area contributed by atoms with Crippen LogP contribution in [0.5, 0.6) is 5.75 Å². The highest BCUT2D eigenvalue weighted by atomic mass is 16.5. The summed E-state index contributed by atoms with van der Waals surface area (Å²) in [6.45, 7) is 1.60. The van der Waals surface area contributed by atoms with Crippen LogP contribution in [0.4, 0.5) is 0 Å². The van der Waals surface area contributed by atoms with Crippen LogP contribution in [0.25, 0.3) is 0 Å². The third-order valence-electron chi connectivity index (χ3n) is 1.85. The molecule has 0 fully saturated rings. The molecule has 0 spiro atoms. The van der Waals surface area contributed by atoms with Crippen molar-refractivity contribution < 1.29 is 14.6 Å². The monoisotopic (exact) mass is 210 g/mol. The van der Waals surface area contributed by atoms with Crippen molar-refractivity contribution in [1.29, 1.82) is 0 Å². The lowest BCUT2D eigenvalue weighted by Gasteiger charge is -2.10. The lowest BCUT2D eigenvalue weighted by Crippen LogP contribution is -2.35. The molecule has 1 aromatic rings. The van der Waals surface area contributed by atoms with Crippen molar-refractivity contribution in [2.45, 2.75) is 13.0 Å². The van der Waals surface area contributed by atoms with Gasteiger partial charge in [0.15, 0.2) is 0 Å². The van der Waals surface area contributed by atoms with Gasteiger partial charge in [0.1, 0.15) is 11.4 Å². The summed E-state index contributed by atoms with van der Waals surface area (Å²) >= 11 is 0. The fourth-order valence-corrected chi connectivity index (χ4v) is 1.01. The molecule has 1 aromatic heterocycles. The van der Waals surface area contributed by atoms with Crippen molar-refractivity contribution in [3.8, 4) is 5.75 Å². The van der Waals surface area contributed by atoms with Gasteiger partial charge in [-0.2, -0.15) is 0 Å². The van der Waals surface area contributed by atoms with Gasteiger partial charge in [0.05, 0.1) is 13.7 Å². The van der Waals surface area contributed by atoms with E-state index in [1.54, 1.807) is 19.1 Å². The lowest BCUT2D eigenvalue weighted by molar-refractivity contribution is 0.0917. The minimum absolute atomic E-state index is 0.101. The van der Waals surface area contributed by atoms with Gasteiger partial charge < -0.3 is 15.2 Å². The second kappa shape index (κ2) is 5.31. The van der Waals surface area contributed by atoms with Gasteiger partial charge >= 0.3 is 0 Å². The zero-order valence-corrected chi connectivity index (χ0v) is 8.73. The van der Waals surface area contributed by atoms with Crippen LogP contribution in [0, 0.1) is 0 Å². The topological polar surface area (TPSA) is 71.5 Å². The molecule has 1 atom stereocenters. The lowest BCUT2D eigenvalue weighted by atomic mass is 10.3. The summed E-state index contributed by atoms with van der Waals surface area (Å²) in [6, 6.07) is 2.91. The Labute approximate surface area is 88.1 Å². The van der Waals surface area contributed by atoms with Crippen molar-refractivity contribution >= 4 is 5.91 Å². The number of carbonyl (C=O) groups excluding carboxylic acids is 1. The standard InChI is InChI=1S/C10H14N2O3/c1-7(6-13)12-10(14)9-5-8(15-2)3-4-11-9/h3-5,7,13H,6H2,1-2H3,(H,12,14). The van der Waals surface area contributed by atoms with E-state index in [-0.39, 0.29) is 24.2 Å². The third kappa shape index (κ3) is 3.21. The first kappa shape index (κ1) is 11.5. The molecule has 0 aliphatic rings. The van der Waals surface area contributed by atoms with Gasteiger partial charge in [-0.15, -0.1) is 0 Å². The average molecular weight is 210 g/mol. The molecule has 15 heavy (non-hydrogen) atoms. The van der Waals surface area contributed by atoms with Crippen molar-refractivity contribution in [3.63, 3.8) is 0 Å². The molecule has 0 radical (unpaired) electrons. The Kier molecular flexibility index (Phi) is 4.05.